The molecular formula is C23H27FN4O3. The zero-order chi connectivity index (χ0) is 22.4. The molecular weight excluding hydrogens is 399 g/mol. The zero-order valence-corrected chi connectivity index (χ0v) is 17.7. The predicted molar refractivity (Wildman–Crippen MR) is 117 cm³/mol. The van der Waals surface area contributed by atoms with Crippen LogP contribution < -0.4 is 16.0 Å². The molecule has 164 valence electrons. The van der Waals surface area contributed by atoms with Crippen LogP contribution in [0.3, 0.4) is 0 Å². The van der Waals surface area contributed by atoms with Crippen molar-refractivity contribution >= 4 is 29.2 Å². The van der Waals surface area contributed by atoms with Gasteiger partial charge in [0.1, 0.15) is 5.82 Å². The molecule has 0 radical (unpaired) electrons. The maximum absolute atomic E-state index is 13.0. The van der Waals surface area contributed by atoms with Crippen LogP contribution in [0.1, 0.15) is 24.0 Å². The van der Waals surface area contributed by atoms with Crippen molar-refractivity contribution in [2.45, 2.75) is 26.7 Å². The Morgan fingerprint density at radius 3 is 2.13 bits per heavy atom. The average Bonchev–Trinajstić information content (AvgIpc) is 2.73. The Balaban J connectivity index is 1.40. The second-order valence-electron chi connectivity index (χ2n) is 7.91. The third-order valence-electron chi connectivity index (χ3n) is 5.23. The number of rotatable bonds is 4. The Labute approximate surface area is 181 Å². The highest BCUT2D eigenvalue weighted by molar-refractivity contribution is 6.39. The van der Waals surface area contributed by atoms with Crippen LogP contribution in [0.2, 0.25) is 0 Å². The van der Waals surface area contributed by atoms with Gasteiger partial charge in [-0.3, -0.25) is 9.59 Å². The average molecular weight is 426 g/mol. The smallest absolute Gasteiger partial charge is 0.321 e. The molecule has 0 spiro atoms. The largest absolute Gasteiger partial charge is 0.348 e. The Hall–Kier alpha value is -3.42. The number of carbonyl (C=O) groups is 3. The molecule has 4 amide bonds. The molecule has 0 saturated carbocycles. The van der Waals surface area contributed by atoms with E-state index in [9.17, 15) is 18.8 Å². The van der Waals surface area contributed by atoms with Gasteiger partial charge in [0, 0.05) is 31.0 Å². The number of likely N-dealkylation sites (tertiary alicyclic amines) is 1. The van der Waals surface area contributed by atoms with E-state index >= 15 is 0 Å². The van der Waals surface area contributed by atoms with Gasteiger partial charge in [0.15, 0.2) is 0 Å². The summed E-state index contributed by atoms with van der Waals surface area (Å²) in [6.07, 6.45) is 1.44. The lowest BCUT2D eigenvalue weighted by atomic mass is 9.97. The fourth-order valence-corrected chi connectivity index (χ4v) is 3.63. The monoisotopic (exact) mass is 426 g/mol. The highest BCUT2D eigenvalue weighted by atomic mass is 19.1. The molecule has 0 bridgehead atoms. The molecule has 0 aromatic heterocycles. The second kappa shape index (κ2) is 10.1. The van der Waals surface area contributed by atoms with Crippen LogP contribution in [-0.4, -0.2) is 42.4 Å². The summed E-state index contributed by atoms with van der Waals surface area (Å²) in [4.78, 5) is 38.3. The van der Waals surface area contributed by atoms with Gasteiger partial charge in [-0.15, -0.1) is 0 Å². The van der Waals surface area contributed by atoms with E-state index in [1.807, 2.05) is 32.0 Å². The Bertz CT molecular complexity index is 934. The lowest BCUT2D eigenvalue weighted by Gasteiger charge is -2.32. The molecule has 0 atom stereocenters. The van der Waals surface area contributed by atoms with Crippen LogP contribution in [-0.2, 0) is 9.59 Å². The number of aryl methyl sites for hydroxylation is 2. The Morgan fingerprint density at radius 1 is 0.903 bits per heavy atom. The van der Waals surface area contributed by atoms with Crippen molar-refractivity contribution in [2.24, 2.45) is 5.92 Å². The minimum atomic E-state index is -0.693. The molecule has 31 heavy (non-hydrogen) atoms. The quantitative estimate of drug-likeness (QED) is 0.654. The van der Waals surface area contributed by atoms with Crippen molar-refractivity contribution < 1.29 is 18.8 Å². The summed E-state index contributed by atoms with van der Waals surface area (Å²) in [5.41, 5.74) is 3.14. The molecule has 1 aliphatic rings. The third kappa shape index (κ3) is 6.53. The number of hydrogen-bond acceptors (Lipinski definition) is 3. The van der Waals surface area contributed by atoms with Gasteiger partial charge in [0.05, 0.1) is 0 Å². The van der Waals surface area contributed by atoms with Gasteiger partial charge in [0.2, 0.25) is 0 Å². The zero-order valence-electron chi connectivity index (χ0n) is 17.7. The van der Waals surface area contributed by atoms with E-state index in [0.29, 0.717) is 31.0 Å². The van der Waals surface area contributed by atoms with E-state index in [0.717, 1.165) is 24.0 Å². The Morgan fingerprint density at radius 2 is 1.52 bits per heavy atom. The molecule has 8 heteroatoms. The summed E-state index contributed by atoms with van der Waals surface area (Å²) in [5, 5.41) is 8.06. The first-order valence-corrected chi connectivity index (χ1v) is 10.3. The van der Waals surface area contributed by atoms with Gasteiger partial charge in [-0.2, -0.15) is 0 Å². The molecule has 2 aromatic carbocycles. The number of anilines is 2. The molecule has 1 aliphatic heterocycles. The van der Waals surface area contributed by atoms with Crippen LogP contribution in [0.15, 0.2) is 42.5 Å². The fourth-order valence-electron chi connectivity index (χ4n) is 3.63. The highest BCUT2D eigenvalue weighted by Gasteiger charge is 2.24. The number of halogens is 1. The van der Waals surface area contributed by atoms with E-state index in [1.54, 1.807) is 4.90 Å². The van der Waals surface area contributed by atoms with Crippen LogP contribution in [0, 0.1) is 25.6 Å². The first-order valence-electron chi connectivity index (χ1n) is 10.3. The SMILES string of the molecule is Cc1cc(C)cc(NC(=O)C(=O)NCC2CCN(C(=O)Nc3ccc(F)cc3)CC2)c1. The summed E-state index contributed by atoms with van der Waals surface area (Å²) in [6, 6.07) is 11.0. The van der Waals surface area contributed by atoms with Crippen LogP contribution in [0.4, 0.5) is 20.6 Å². The fraction of sp³-hybridized carbons (Fsp3) is 0.348. The topological polar surface area (TPSA) is 90.5 Å². The van der Waals surface area contributed by atoms with E-state index in [1.165, 1.54) is 24.3 Å². The molecule has 0 unspecified atom stereocenters. The maximum Gasteiger partial charge on any atom is 0.321 e. The van der Waals surface area contributed by atoms with Crippen molar-refractivity contribution in [1.82, 2.24) is 10.2 Å². The van der Waals surface area contributed by atoms with Crippen molar-refractivity contribution in [1.29, 1.82) is 0 Å². The molecule has 0 aliphatic carbocycles. The highest BCUT2D eigenvalue weighted by Crippen LogP contribution is 2.18. The number of piperidine rings is 1. The van der Waals surface area contributed by atoms with E-state index < -0.39 is 11.8 Å². The lowest BCUT2D eigenvalue weighted by molar-refractivity contribution is -0.136. The minimum Gasteiger partial charge on any atom is -0.348 e. The predicted octanol–water partition coefficient (Wildman–Crippen LogP) is 3.44. The molecule has 1 saturated heterocycles. The van der Waals surface area contributed by atoms with Gasteiger partial charge < -0.3 is 20.9 Å². The summed E-state index contributed by atoms with van der Waals surface area (Å²) in [5.74, 6) is -1.53. The number of carbonyl (C=O) groups excluding carboxylic acids is 3. The summed E-state index contributed by atoms with van der Waals surface area (Å²) < 4.78 is 13.0. The van der Waals surface area contributed by atoms with Crippen LogP contribution >= 0.6 is 0 Å². The van der Waals surface area contributed by atoms with Gasteiger partial charge in [-0.25, -0.2) is 9.18 Å². The summed E-state index contributed by atoms with van der Waals surface area (Å²) in [7, 11) is 0. The molecule has 1 fully saturated rings. The number of urea groups is 1. The lowest BCUT2D eigenvalue weighted by Crippen LogP contribution is -2.44. The van der Waals surface area contributed by atoms with Gasteiger partial charge >= 0.3 is 17.8 Å². The van der Waals surface area contributed by atoms with Gasteiger partial charge in [-0.05, 0) is 80.1 Å². The number of benzene rings is 2. The molecule has 7 nitrogen and oxygen atoms in total. The Kier molecular flexibility index (Phi) is 7.23. The van der Waals surface area contributed by atoms with Crippen molar-refractivity contribution in [2.75, 3.05) is 30.3 Å². The normalized spacial score (nSPS) is 14.1. The standard InChI is InChI=1S/C23H27FN4O3/c1-15-11-16(2)13-20(12-15)26-22(30)21(29)25-14-17-7-9-28(10-8-17)23(31)27-19-5-3-18(24)4-6-19/h3-6,11-13,17H,7-10,14H2,1-2H3,(H,25,29)(H,26,30)(H,27,31). The van der Waals surface area contributed by atoms with Crippen molar-refractivity contribution in [3.63, 3.8) is 0 Å². The minimum absolute atomic E-state index is 0.188. The summed E-state index contributed by atoms with van der Waals surface area (Å²) >= 11 is 0. The second-order valence-corrected chi connectivity index (χ2v) is 7.91. The maximum atomic E-state index is 13.0. The van der Waals surface area contributed by atoms with Crippen molar-refractivity contribution in [3.05, 3.63) is 59.4 Å². The van der Waals surface area contributed by atoms with Crippen LogP contribution in [0.5, 0.6) is 0 Å². The van der Waals surface area contributed by atoms with E-state index in [-0.39, 0.29) is 17.8 Å². The number of amides is 4. The first-order chi connectivity index (χ1) is 14.8. The number of hydrogen-bond donors (Lipinski definition) is 3. The number of nitrogens with one attached hydrogen (secondary N) is 3. The molecule has 1 heterocycles. The van der Waals surface area contributed by atoms with Gasteiger partial charge in [-0.1, -0.05) is 6.07 Å². The molecule has 2 aromatic rings. The summed E-state index contributed by atoms with van der Waals surface area (Å²) in [6.45, 7) is 5.32. The number of nitrogens with zero attached hydrogens (tertiary/aromatic N) is 1. The van der Waals surface area contributed by atoms with E-state index in [4.69, 9.17) is 0 Å². The molecule has 3 rings (SSSR count). The first kappa shape index (κ1) is 22.3. The van der Waals surface area contributed by atoms with E-state index in [2.05, 4.69) is 16.0 Å². The van der Waals surface area contributed by atoms with Gasteiger partial charge in [0.25, 0.3) is 0 Å². The van der Waals surface area contributed by atoms with Crippen molar-refractivity contribution in [3.8, 4) is 0 Å². The molecule has 3 N–H and O–H groups in total. The third-order valence-corrected chi connectivity index (χ3v) is 5.23. The van der Waals surface area contributed by atoms with Crippen LogP contribution in [0.25, 0.3) is 0 Å².